The summed E-state index contributed by atoms with van der Waals surface area (Å²) >= 11 is 12.2. The Morgan fingerprint density at radius 3 is 2.76 bits per heavy atom. The third-order valence-corrected chi connectivity index (χ3v) is 6.03. The number of aryl methyl sites for hydroxylation is 1. The zero-order valence-electron chi connectivity index (χ0n) is 11.2. The van der Waals surface area contributed by atoms with Gasteiger partial charge in [0.2, 0.25) is 0 Å². The lowest BCUT2D eigenvalue weighted by molar-refractivity contribution is 0.540. The van der Waals surface area contributed by atoms with Crippen molar-refractivity contribution in [2.75, 3.05) is 0 Å². The predicted molar refractivity (Wildman–Crippen MR) is 81.1 cm³/mol. The number of aromatic nitrogens is 2. The lowest BCUT2D eigenvalue weighted by Crippen LogP contribution is -2.29. The first-order chi connectivity index (χ1) is 9.90. The van der Waals surface area contributed by atoms with Crippen molar-refractivity contribution in [1.29, 1.82) is 0 Å². The van der Waals surface area contributed by atoms with Gasteiger partial charge in [-0.2, -0.15) is 5.10 Å². The SMILES string of the molecule is Cn1nccc1S(=O)(=O)NC1CCc2c1ccc(Cl)c2Cl. The summed E-state index contributed by atoms with van der Waals surface area (Å²) in [7, 11) is -2.03. The molecule has 1 N–H and O–H groups in total. The Kier molecular flexibility index (Phi) is 3.73. The van der Waals surface area contributed by atoms with Gasteiger partial charge in [-0.25, -0.2) is 13.1 Å². The summed E-state index contributed by atoms with van der Waals surface area (Å²) < 4.78 is 28.8. The molecule has 0 spiro atoms. The fourth-order valence-corrected chi connectivity index (χ4v) is 4.45. The molecule has 0 saturated heterocycles. The number of fused-ring (bicyclic) bond motifs is 1. The molecule has 0 radical (unpaired) electrons. The highest BCUT2D eigenvalue weighted by Gasteiger charge is 2.30. The summed E-state index contributed by atoms with van der Waals surface area (Å²) in [5.41, 5.74) is 1.80. The first-order valence-electron chi connectivity index (χ1n) is 6.37. The van der Waals surface area contributed by atoms with Crippen molar-refractivity contribution >= 4 is 33.2 Å². The van der Waals surface area contributed by atoms with E-state index in [2.05, 4.69) is 9.82 Å². The lowest BCUT2D eigenvalue weighted by atomic mass is 10.1. The van der Waals surface area contributed by atoms with E-state index in [-0.39, 0.29) is 11.1 Å². The fraction of sp³-hybridized carbons (Fsp3) is 0.308. The fourth-order valence-electron chi connectivity index (χ4n) is 2.63. The van der Waals surface area contributed by atoms with Crippen LogP contribution in [-0.4, -0.2) is 18.2 Å². The highest BCUT2D eigenvalue weighted by Crippen LogP contribution is 2.39. The normalized spacial score (nSPS) is 18.0. The number of nitrogens with one attached hydrogen (secondary N) is 1. The van der Waals surface area contributed by atoms with E-state index in [1.54, 1.807) is 13.1 Å². The van der Waals surface area contributed by atoms with Crippen LogP contribution in [-0.2, 0) is 23.5 Å². The van der Waals surface area contributed by atoms with Gasteiger partial charge in [-0.05, 0) is 36.1 Å². The molecular formula is C13H13Cl2N3O2S. The highest BCUT2D eigenvalue weighted by atomic mass is 35.5. The lowest BCUT2D eigenvalue weighted by Gasteiger charge is -2.15. The average Bonchev–Trinajstić information content (AvgIpc) is 3.01. The van der Waals surface area contributed by atoms with Crippen molar-refractivity contribution in [3.63, 3.8) is 0 Å². The predicted octanol–water partition coefficient (Wildman–Crippen LogP) is 2.69. The van der Waals surface area contributed by atoms with Gasteiger partial charge in [0.25, 0.3) is 10.0 Å². The minimum absolute atomic E-state index is 0.135. The molecule has 0 saturated carbocycles. The third kappa shape index (κ3) is 2.57. The van der Waals surface area contributed by atoms with Crippen molar-refractivity contribution < 1.29 is 8.42 Å². The van der Waals surface area contributed by atoms with Crippen LogP contribution in [0, 0.1) is 0 Å². The molecule has 1 atom stereocenters. The van der Waals surface area contributed by atoms with Crippen LogP contribution in [0.5, 0.6) is 0 Å². The van der Waals surface area contributed by atoms with Crippen molar-refractivity contribution in [2.45, 2.75) is 23.9 Å². The molecule has 2 aromatic rings. The molecule has 21 heavy (non-hydrogen) atoms. The van der Waals surface area contributed by atoms with Crippen LogP contribution in [0.15, 0.2) is 29.4 Å². The van der Waals surface area contributed by atoms with Crippen LogP contribution in [0.25, 0.3) is 0 Å². The zero-order valence-corrected chi connectivity index (χ0v) is 13.5. The first kappa shape index (κ1) is 14.8. The number of halogens is 2. The van der Waals surface area contributed by atoms with Gasteiger partial charge in [0.05, 0.1) is 16.2 Å². The Morgan fingerprint density at radius 1 is 1.33 bits per heavy atom. The Balaban J connectivity index is 1.93. The summed E-state index contributed by atoms with van der Waals surface area (Å²) in [6, 6.07) is 4.69. The van der Waals surface area contributed by atoms with E-state index in [1.807, 2.05) is 6.07 Å². The van der Waals surface area contributed by atoms with E-state index in [1.165, 1.54) is 16.9 Å². The number of sulfonamides is 1. The maximum absolute atomic E-state index is 12.4. The number of benzene rings is 1. The van der Waals surface area contributed by atoms with E-state index in [9.17, 15) is 8.42 Å². The number of nitrogens with zero attached hydrogens (tertiary/aromatic N) is 2. The van der Waals surface area contributed by atoms with Gasteiger partial charge in [-0.1, -0.05) is 29.3 Å². The second kappa shape index (κ2) is 5.28. The molecule has 1 heterocycles. The van der Waals surface area contributed by atoms with E-state index < -0.39 is 10.0 Å². The number of rotatable bonds is 3. The van der Waals surface area contributed by atoms with Crippen LogP contribution >= 0.6 is 23.2 Å². The van der Waals surface area contributed by atoms with Crippen molar-refractivity contribution in [3.8, 4) is 0 Å². The monoisotopic (exact) mass is 345 g/mol. The minimum atomic E-state index is -3.62. The Morgan fingerprint density at radius 2 is 2.10 bits per heavy atom. The quantitative estimate of drug-likeness (QED) is 0.929. The molecule has 1 unspecified atom stereocenters. The summed E-state index contributed by atoms with van der Waals surface area (Å²) in [4.78, 5) is 0. The topological polar surface area (TPSA) is 64.0 Å². The highest BCUT2D eigenvalue weighted by molar-refractivity contribution is 7.89. The van der Waals surface area contributed by atoms with Crippen LogP contribution in [0.2, 0.25) is 10.0 Å². The molecule has 5 nitrogen and oxygen atoms in total. The van der Waals surface area contributed by atoms with Crippen molar-refractivity contribution in [1.82, 2.24) is 14.5 Å². The largest absolute Gasteiger partial charge is 0.258 e. The molecule has 1 aromatic heterocycles. The van der Waals surface area contributed by atoms with Crippen LogP contribution in [0.4, 0.5) is 0 Å². The van der Waals surface area contributed by atoms with Crippen LogP contribution in [0.3, 0.4) is 0 Å². The molecular weight excluding hydrogens is 333 g/mol. The molecule has 1 aromatic carbocycles. The van der Waals surface area contributed by atoms with Gasteiger partial charge >= 0.3 is 0 Å². The van der Waals surface area contributed by atoms with E-state index in [0.29, 0.717) is 22.9 Å². The molecule has 1 aliphatic rings. The number of hydrogen-bond acceptors (Lipinski definition) is 3. The smallest absolute Gasteiger partial charge is 0.256 e. The molecule has 8 heteroatoms. The van der Waals surface area contributed by atoms with Crippen LogP contribution < -0.4 is 4.72 Å². The molecule has 1 aliphatic carbocycles. The second-order valence-corrected chi connectivity index (χ2v) is 7.38. The Hall–Kier alpha value is -1.08. The van der Waals surface area contributed by atoms with Gasteiger partial charge in [0.15, 0.2) is 5.03 Å². The standard InChI is InChI=1S/C13H13Cl2N3O2S/c1-18-12(6-7-16-18)21(19,20)17-11-5-3-9-8(11)2-4-10(14)13(9)15/h2,4,6-7,11,17H,3,5H2,1H3. The minimum Gasteiger partial charge on any atom is -0.256 e. The zero-order chi connectivity index (χ0) is 15.2. The maximum atomic E-state index is 12.4. The van der Waals surface area contributed by atoms with Gasteiger partial charge in [-0.3, -0.25) is 4.68 Å². The molecule has 0 aliphatic heterocycles. The second-order valence-electron chi connectivity index (χ2n) is 4.93. The van der Waals surface area contributed by atoms with Crippen molar-refractivity contribution in [3.05, 3.63) is 45.6 Å². The molecule has 0 bridgehead atoms. The van der Waals surface area contributed by atoms with E-state index in [4.69, 9.17) is 23.2 Å². The van der Waals surface area contributed by atoms with Gasteiger partial charge < -0.3 is 0 Å². The van der Waals surface area contributed by atoms with Gasteiger partial charge in [0, 0.05) is 13.1 Å². The molecule has 3 rings (SSSR count). The summed E-state index contributed by atoms with van der Waals surface area (Å²) in [6.07, 6.45) is 2.81. The van der Waals surface area contributed by atoms with E-state index in [0.717, 1.165) is 11.1 Å². The Bertz CT molecular complexity index is 802. The summed E-state index contributed by atoms with van der Waals surface area (Å²) in [5, 5.41) is 5.02. The first-order valence-corrected chi connectivity index (χ1v) is 8.61. The third-order valence-electron chi connectivity index (χ3n) is 3.64. The molecule has 0 amide bonds. The maximum Gasteiger partial charge on any atom is 0.258 e. The Labute approximate surface area is 132 Å². The van der Waals surface area contributed by atoms with Gasteiger partial charge in [-0.15, -0.1) is 0 Å². The number of hydrogen-bond donors (Lipinski definition) is 1. The molecule has 112 valence electrons. The van der Waals surface area contributed by atoms with Crippen molar-refractivity contribution in [2.24, 2.45) is 7.05 Å². The summed E-state index contributed by atoms with van der Waals surface area (Å²) in [6.45, 7) is 0. The summed E-state index contributed by atoms with van der Waals surface area (Å²) in [5.74, 6) is 0. The van der Waals surface area contributed by atoms with Gasteiger partial charge in [0.1, 0.15) is 0 Å². The average molecular weight is 346 g/mol. The van der Waals surface area contributed by atoms with E-state index >= 15 is 0 Å². The van der Waals surface area contributed by atoms with Crippen LogP contribution in [0.1, 0.15) is 23.6 Å². The molecule has 0 fully saturated rings.